The molecule has 2 aliphatic heterocycles. The second kappa shape index (κ2) is 7.26. The smallest absolute Gasteiger partial charge is 0.318 e. The number of carbonyl (C=O) groups excluding carboxylic acids is 2. The lowest BCUT2D eigenvalue weighted by Gasteiger charge is -2.27. The minimum atomic E-state index is -0.480. The Morgan fingerprint density at radius 2 is 2.24 bits per heavy atom. The van der Waals surface area contributed by atoms with Crippen LogP contribution in [0, 0.1) is 6.92 Å². The summed E-state index contributed by atoms with van der Waals surface area (Å²) in [6.45, 7) is 4.28. The molecule has 0 radical (unpaired) electrons. The number of urea groups is 1. The highest BCUT2D eigenvalue weighted by Gasteiger charge is 2.36. The highest BCUT2D eigenvalue weighted by molar-refractivity contribution is 6.00. The van der Waals surface area contributed by atoms with E-state index in [2.05, 4.69) is 10.4 Å². The number of aryl methyl sites for hydroxylation is 2. The quantitative estimate of drug-likeness (QED) is 0.818. The molecule has 0 saturated carbocycles. The van der Waals surface area contributed by atoms with Gasteiger partial charge in [0.1, 0.15) is 11.9 Å². The van der Waals surface area contributed by atoms with E-state index in [0.717, 1.165) is 17.9 Å². The summed E-state index contributed by atoms with van der Waals surface area (Å²) in [6, 6.07) is 1.22. The van der Waals surface area contributed by atoms with Crippen LogP contribution in [-0.4, -0.2) is 66.0 Å². The normalized spacial score (nSPS) is 20.8. The number of nitrogens with one attached hydrogen (secondary N) is 1. The summed E-state index contributed by atoms with van der Waals surface area (Å²) in [5.41, 5.74) is 2.07. The first-order valence-corrected chi connectivity index (χ1v) is 8.54. The molecule has 1 atom stereocenters. The lowest BCUT2D eigenvalue weighted by molar-refractivity contribution is -0.118. The number of amides is 3. The van der Waals surface area contributed by atoms with Crippen molar-refractivity contribution in [2.45, 2.75) is 25.8 Å². The van der Waals surface area contributed by atoms with Crippen molar-refractivity contribution in [2.24, 2.45) is 7.05 Å². The summed E-state index contributed by atoms with van der Waals surface area (Å²) in [6.07, 6.45) is 3.43. The van der Waals surface area contributed by atoms with Crippen LogP contribution in [0.4, 0.5) is 10.6 Å². The van der Waals surface area contributed by atoms with Gasteiger partial charge in [0.05, 0.1) is 12.3 Å². The third-order valence-electron chi connectivity index (χ3n) is 4.68. The summed E-state index contributed by atoms with van der Waals surface area (Å²) < 4.78 is 6.82. The van der Waals surface area contributed by atoms with Crippen molar-refractivity contribution in [1.29, 1.82) is 0 Å². The van der Waals surface area contributed by atoms with E-state index in [0.29, 0.717) is 32.7 Å². The number of nitrogens with zero attached hydrogens (tertiary/aromatic N) is 4. The largest absolute Gasteiger partial charge is 0.380 e. The molecule has 3 heterocycles. The Morgan fingerprint density at radius 1 is 1.44 bits per heavy atom. The lowest BCUT2D eigenvalue weighted by atomic mass is 10.1. The molecule has 25 heavy (non-hydrogen) atoms. The van der Waals surface area contributed by atoms with Gasteiger partial charge in [0.2, 0.25) is 0 Å². The van der Waals surface area contributed by atoms with Crippen LogP contribution < -0.4 is 10.2 Å². The summed E-state index contributed by atoms with van der Waals surface area (Å²) >= 11 is 0. The van der Waals surface area contributed by atoms with Crippen molar-refractivity contribution in [3.8, 4) is 0 Å². The Kier molecular flexibility index (Phi) is 5.08. The second-order valence-electron chi connectivity index (χ2n) is 6.54. The van der Waals surface area contributed by atoms with Gasteiger partial charge in [-0.2, -0.15) is 5.10 Å². The summed E-state index contributed by atoms with van der Waals surface area (Å²) in [5, 5.41) is 7.16. The Morgan fingerprint density at radius 3 is 2.84 bits per heavy atom. The highest BCUT2D eigenvalue weighted by Crippen LogP contribution is 2.22. The zero-order valence-corrected chi connectivity index (χ0v) is 15.0. The van der Waals surface area contributed by atoms with E-state index in [1.165, 1.54) is 5.57 Å². The van der Waals surface area contributed by atoms with Gasteiger partial charge in [-0.1, -0.05) is 6.08 Å². The highest BCUT2D eigenvalue weighted by atomic mass is 16.5. The first kappa shape index (κ1) is 17.5. The van der Waals surface area contributed by atoms with Crippen molar-refractivity contribution in [3.63, 3.8) is 0 Å². The van der Waals surface area contributed by atoms with Crippen LogP contribution in [0.2, 0.25) is 0 Å². The summed E-state index contributed by atoms with van der Waals surface area (Å²) in [4.78, 5) is 28.5. The van der Waals surface area contributed by atoms with Gasteiger partial charge in [-0.05, 0) is 25.3 Å². The van der Waals surface area contributed by atoms with Gasteiger partial charge >= 0.3 is 6.03 Å². The third-order valence-corrected chi connectivity index (χ3v) is 4.68. The van der Waals surface area contributed by atoms with Crippen molar-refractivity contribution in [3.05, 3.63) is 23.4 Å². The molecule has 2 aliphatic rings. The number of hydrogen-bond donors (Lipinski definition) is 1. The first-order valence-electron chi connectivity index (χ1n) is 8.54. The van der Waals surface area contributed by atoms with Crippen LogP contribution in [0.1, 0.15) is 18.5 Å². The first-order chi connectivity index (χ1) is 12.0. The van der Waals surface area contributed by atoms with Crippen LogP contribution in [0.25, 0.3) is 0 Å². The van der Waals surface area contributed by atoms with Crippen molar-refractivity contribution in [1.82, 2.24) is 20.0 Å². The van der Waals surface area contributed by atoms with Gasteiger partial charge in [-0.25, -0.2) is 4.79 Å². The van der Waals surface area contributed by atoms with Crippen LogP contribution >= 0.6 is 0 Å². The Balaban J connectivity index is 1.58. The molecule has 0 aromatic carbocycles. The number of methoxy groups -OCH3 is 1. The van der Waals surface area contributed by atoms with Gasteiger partial charge < -0.3 is 15.0 Å². The zero-order valence-electron chi connectivity index (χ0n) is 15.0. The van der Waals surface area contributed by atoms with E-state index in [4.69, 9.17) is 4.74 Å². The molecule has 136 valence electrons. The molecular formula is C17H25N5O3. The number of aromatic nitrogens is 2. The molecule has 8 nitrogen and oxygen atoms in total. The van der Waals surface area contributed by atoms with E-state index < -0.39 is 6.04 Å². The fourth-order valence-corrected chi connectivity index (χ4v) is 3.34. The molecule has 8 heteroatoms. The maximum Gasteiger partial charge on any atom is 0.318 e. The lowest BCUT2D eigenvalue weighted by Crippen LogP contribution is -2.49. The van der Waals surface area contributed by atoms with E-state index >= 15 is 0 Å². The molecule has 1 aromatic rings. The molecule has 3 rings (SSSR count). The Hall–Kier alpha value is -2.35. The predicted molar refractivity (Wildman–Crippen MR) is 93.4 cm³/mol. The van der Waals surface area contributed by atoms with Crippen molar-refractivity contribution >= 4 is 17.8 Å². The van der Waals surface area contributed by atoms with Crippen LogP contribution in [0.3, 0.4) is 0 Å². The number of anilines is 1. The summed E-state index contributed by atoms with van der Waals surface area (Å²) in [7, 11) is 3.49. The molecule has 0 bridgehead atoms. The minimum Gasteiger partial charge on any atom is -0.380 e. The van der Waals surface area contributed by atoms with Crippen molar-refractivity contribution < 1.29 is 14.3 Å². The van der Waals surface area contributed by atoms with Gasteiger partial charge in [0, 0.05) is 39.9 Å². The van der Waals surface area contributed by atoms with E-state index in [1.54, 1.807) is 21.6 Å². The van der Waals surface area contributed by atoms with Crippen LogP contribution in [0.5, 0.6) is 0 Å². The fraction of sp³-hybridized carbons (Fsp3) is 0.588. The average Bonchev–Trinajstić information content (AvgIpc) is 3.10. The number of carbonyl (C=O) groups is 2. The standard InChI is InChI=1S/C17H25N5O3/c1-12-10-15(20(2)19-12)22-9-6-14(16(22)23)18-17(24)21-7-4-13(5-8-21)11-25-3/h4,10,14H,5-9,11H2,1-3H3,(H,18,24). The molecule has 1 fully saturated rings. The maximum atomic E-state index is 12.6. The summed E-state index contributed by atoms with van der Waals surface area (Å²) in [5.74, 6) is 0.688. The van der Waals surface area contributed by atoms with Gasteiger partial charge in [0.15, 0.2) is 0 Å². The van der Waals surface area contributed by atoms with E-state index in [-0.39, 0.29) is 11.9 Å². The molecule has 1 unspecified atom stereocenters. The minimum absolute atomic E-state index is 0.0797. The molecule has 0 aliphatic carbocycles. The molecule has 1 saturated heterocycles. The van der Waals surface area contributed by atoms with Crippen molar-refractivity contribution in [2.75, 3.05) is 38.3 Å². The second-order valence-corrected chi connectivity index (χ2v) is 6.54. The SMILES string of the molecule is COCC1=CCN(C(=O)NC2CCN(c3cc(C)nn3C)C2=O)CC1. The fourth-order valence-electron chi connectivity index (χ4n) is 3.34. The van der Waals surface area contributed by atoms with Gasteiger partial charge in [-0.15, -0.1) is 0 Å². The Labute approximate surface area is 147 Å². The van der Waals surface area contributed by atoms with Gasteiger partial charge in [-0.3, -0.25) is 14.4 Å². The molecular weight excluding hydrogens is 322 g/mol. The predicted octanol–water partition coefficient (Wildman–Crippen LogP) is 0.822. The zero-order chi connectivity index (χ0) is 18.0. The van der Waals surface area contributed by atoms with E-state index in [9.17, 15) is 9.59 Å². The molecule has 0 spiro atoms. The molecule has 3 amide bonds. The third kappa shape index (κ3) is 3.68. The maximum absolute atomic E-state index is 12.6. The van der Waals surface area contributed by atoms with E-state index in [1.807, 2.05) is 26.1 Å². The molecule has 1 aromatic heterocycles. The van der Waals surface area contributed by atoms with Gasteiger partial charge in [0.25, 0.3) is 5.91 Å². The average molecular weight is 347 g/mol. The van der Waals surface area contributed by atoms with Crippen LogP contribution in [-0.2, 0) is 16.6 Å². The Bertz CT molecular complexity index is 696. The van der Waals surface area contributed by atoms with Crippen LogP contribution in [0.15, 0.2) is 17.7 Å². The molecule has 1 N–H and O–H groups in total. The number of ether oxygens (including phenoxy) is 1. The number of rotatable bonds is 4. The number of hydrogen-bond acceptors (Lipinski definition) is 4. The monoisotopic (exact) mass is 347 g/mol. The topological polar surface area (TPSA) is 79.7 Å².